The summed E-state index contributed by atoms with van der Waals surface area (Å²) in [5.74, 6) is 0. The third kappa shape index (κ3) is 2.35. The molecular formula is C14H16ClN. The van der Waals surface area contributed by atoms with Crippen LogP contribution < -0.4 is 0 Å². The number of nitrogens with zero attached hydrogens (tertiary/aromatic N) is 1. The first-order valence-corrected chi connectivity index (χ1v) is 6.03. The van der Waals surface area contributed by atoms with Crippen LogP contribution in [-0.4, -0.2) is 6.21 Å². The Morgan fingerprint density at radius 1 is 1.25 bits per heavy atom. The summed E-state index contributed by atoms with van der Waals surface area (Å²) in [6.45, 7) is 4.14. The molecule has 2 rings (SSSR count). The first-order valence-electron chi connectivity index (χ1n) is 5.65. The Kier molecular flexibility index (Phi) is 3.45. The Labute approximate surface area is 102 Å². The minimum atomic E-state index is 0.832. The van der Waals surface area contributed by atoms with Crippen molar-refractivity contribution in [1.82, 2.24) is 0 Å². The van der Waals surface area contributed by atoms with E-state index < -0.39 is 0 Å². The van der Waals surface area contributed by atoms with Gasteiger partial charge in [-0.15, -0.1) is 0 Å². The molecule has 1 aromatic rings. The van der Waals surface area contributed by atoms with E-state index in [4.69, 9.17) is 11.6 Å². The van der Waals surface area contributed by atoms with Gasteiger partial charge in [0.25, 0.3) is 0 Å². The molecule has 0 spiro atoms. The van der Waals surface area contributed by atoms with Gasteiger partial charge in [0.2, 0.25) is 0 Å². The summed E-state index contributed by atoms with van der Waals surface area (Å²) in [5.41, 5.74) is 5.34. The van der Waals surface area contributed by atoms with Crippen molar-refractivity contribution in [3.05, 3.63) is 45.6 Å². The van der Waals surface area contributed by atoms with Gasteiger partial charge in [-0.05, 0) is 49.9 Å². The van der Waals surface area contributed by atoms with Crippen LogP contribution in [0.4, 0.5) is 0 Å². The van der Waals surface area contributed by atoms with E-state index in [1.54, 1.807) is 0 Å². The van der Waals surface area contributed by atoms with E-state index in [9.17, 15) is 0 Å². The van der Waals surface area contributed by atoms with Crippen molar-refractivity contribution in [3.8, 4) is 0 Å². The number of halogens is 1. The molecule has 0 aromatic heterocycles. The minimum Gasteiger partial charge on any atom is -0.266 e. The molecule has 1 aliphatic rings. The molecule has 0 fully saturated rings. The molecule has 0 bridgehead atoms. The van der Waals surface area contributed by atoms with Crippen LogP contribution >= 0.6 is 11.6 Å². The van der Waals surface area contributed by atoms with Crippen molar-refractivity contribution in [2.24, 2.45) is 4.99 Å². The molecule has 2 heteroatoms. The zero-order valence-corrected chi connectivity index (χ0v) is 10.5. The van der Waals surface area contributed by atoms with E-state index >= 15 is 0 Å². The molecule has 0 saturated heterocycles. The largest absolute Gasteiger partial charge is 0.266 e. The maximum atomic E-state index is 6.02. The van der Waals surface area contributed by atoms with Gasteiger partial charge in [-0.25, -0.2) is 0 Å². The number of hydrogen-bond acceptors (Lipinski definition) is 1. The van der Waals surface area contributed by atoms with Gasteiger partial charge in [0.15, 0.2) is 0 Å². The van der Waals surface area contributed by atoms with Gasteiger partial charge < -0.3 is 0 Å². The number of rotatable bonds is 1. The van der Waals surface area contributed by atoms with E-state index in [1.165, 1.54) is 22.4 Å². The fourth-order valence-corrected chi connectivity index (χ4v) is 2.30. The molecule has 0 amide bonds. The molecule has 0 aliphatic heterocycles. The zero-order chi connectivity index (χ0) is 11.5. The SMILES string of the molecule is CC=NC1=C(C)CCc2cc(Cl)ccc2C1. The first-order chi connectivity index (χ1) is 7.70. The van der Waals surface area contributed by atoms with Crippen LogP contribution in [0.15, 0.2) is 34.5 Å². The van der Waals surface area contributed by atoms with Crippen molar-refractivity contribution in [2.75, 3.05) is 0 Å². The van der Waals surface area contributed by atoms with Crippen molar-refractivity contribution in [2.45, 2.75) is 33.1 Å². The Morgan fingerprint density at radius 3 is 2.81 bits per heavy atom. The topological polar surface area (TPSA) is 12.4 Å². The highest BCUT2D eigenvalue weighted by molar-refractivity contribution is 6.30. The van der Waals surface area contributed by atoms with Crippen LogP contribution in [0, 0.1) is 0 Å². The standard InChI is InChI=1S/C14H16ClN/c1-3-16-14-9-12-6-7-13(15)8-11(12)5-4-10(14)2/h3,6-8H,4-5,9H2,1-2H3. The molecule has 0 radical (unpaired) electrons. The monoisotopic (exact) mass is 233 g/mol. The molecule has 0 atom stereocenters. The van der Waals surface area contributed by atoms with Crippen molar-refractivity contribution in [1.29, 1.82) is 0 Å². The van der Waals surface area contributed by atoms with E-state index in [1.807, 2.05) is 19.2 Å². The summed E-state index contributed by atoms with van der Waals surface area (Å²) in [6.07, 6.45) is 4.97. The predicted octanol–water partition coefficient (Wildman–Crippen LogP) is 4.19. The van der Waals surface area contributed by atoms with Crippen LogP contribution in [0.2, 0.25) is 5.02 Å². The van der Waals surface area contributed by atoms with Gasteiger partial charge in [-0.1, -0.05) is 23.2 Å². The third-order valence-corrected chi connectivity index (χ3v) is 3.31. The van der Waals surface area contributed by atoms with Crippen LogP contribution in [-0.2, 0) is 12.8 Å². The summed E-state index contributed by atoms with van der Waals surface area (Å²) in [6, 6.07) is 6.18. The predicted molar refractivity (Wildman–Crippen MR) is 70.3 cm³/mol. The number of benzene rings is 1. The molecule has 1 nitrogen and oxygen atoms in total. The van der Waals surface area contributed by atoms with Gasteiger partial charge in [0, 0.05) is 23.4 Å². The average Bonchev–Trinajstić information content (AvgIpc) is 2.41. The highest BCUT2D eigenvalue weighted by Crippen LogP contribution is 2.27. The van der Waals surface area contributed by atoms with Crippen LogP contribution in [0.25, 0.3) is 0 Å². The zero-order valence-electron chi connectivity index (χ0n) is 9.76. The molecular weight excluding hydrogens is 218 g/mol. The number of aryl methyl sites for hydroxylation is 1. The van der Waals surface area contributed by atoms with Crippen LogP contribution in [0.5, 0.6) is 0 Å². The van der Waals surface area contributed by atoms with E-state index in [2.05, 4.69) is 24.0 Å². The lowest BCUT2D eigenvalue weighted by Crippen LogP contribution is -1.92. The fraction of sp³-hybridized carbons (Fsp3) is 0.357. The second kappa shape index (κ2) is 4.84. The second-order valence-corrected chi connectivity index (χ2v) is 4.64. The van der Waals surface area contributed by atoms with Crippen molar-refractivity contribution < 1.29 is 0 Å². The lowest BCUT2D eigenvalue weighted by atomic mass is 10.0. The molecule has 0 saturated carbocycles. The minimum absolute atomic E-state index is 0.832. The van der Waals surface area contributed by atoms with Gasteiger partial charge in [-0.3, -0.25) is 4.99 Å². The molecule has 84 valence electrons. The number of allylic oxidation sites excluding steroid dienone is 2. The van der Waals surface area contributed by atoms with E-state index in [0.29, 0.717) is 0 Å². The fourth-order valence-electron chi connectivity index (χ4n) is 2.11. The van der Waals surface area contributed by atoms with Gasteiger partial charge in [0.1, 0.15) is 0 Å². The quantitative estimate of drug-likeness (QED) is 0.645. The summed E-state index contributed by atoms with van der Waals surface area (Å²) in [5, 5.41) is 0.832. The highest BCUT2D eigenvalue weighted by atomic mass is 35.5. The molecule has 0 N–H and O–H groups in total. The normalized spacial score (nSPS) is 16.4. The molecule has 1 aromatic carbocycles. The molecule has 1 aliphatic carbocycles. The number of fused-ring (bicyclic) bond motifs is 1. The van der Waals surface area contributed by atoms with Gasteiger partial charge in [0.05, 0.1) is 0 Å². The van der Waals surface area contributed by atoms with Gasteiger partial charge >= 0.3 is 0 Å². The lowest BCUT2D eigenvalue weighted by molar-refractivity contribution is 0.936. The third-order valence-electron chi connectivity index (χ3n) is 3.07. The van der Waals surface area contributed by atoms with Gasteiger partial charge in [-0.2, -0.15) is 0 Å². The smallest absolute Gasteiger partial charge is 0.0432 e. The summed E-state index contributed by atoms with van der Waals surface area (Å²) < 4.78 is 0. The average molecular weight is 234 g/mol. The van der Waals surface area contributed by atoms with E-state index in [-0.39, 0.29) is 0 Å². The highest BCUT2D eigenvalue weighted by Gasteiger charge is 2.12. The maximum absolute atomic E-state index is 6.02. The Balaban J connectivity index is 2.38. The Bertz CT molecular complexity index is 458. The summed E-state index contributed by atoms with van der Waals surface area (Å²) >= 11 is 6.02. The molecule has 0 unspecified atom stereocenters. The maximum Gasteiger partial charge on any atom is 0.0432 e. The van der Waals surface area contributed by atoms with Crippen LogP contribution in [0.3, 0.4) is 0 Å². The Hall–Kier alpha value is -1.08. The number of aliphatic imine (C=N–C) groups is 1. The summed E-state index contributed by atoms with van der Waals surface area (Å²) in [7, 11) is 0. The first kappa shape index (κ1) is 11.4. The summed E-state index contributed by atoms with van der Waals surface area (Å²) in [4.78, 5) is 4.47. The van der Waals surface area contributed by atoms with E-state index in [0.717, 1.165) is 24.3 Å². The lowest BCUT2D eigenvalue weighted by Gasteiger charge is -2.06. The van der Waals surface area contributed by atoms with Crippen molar-refractivity contribution >= 4 is 17.8 Å². The second-order valence-electron chi connectivity index (χ2n) is 4.20. The van der Waals surface area contributed by atoms with Crippen LogP contribution in [0.1, 0.15) is 31.4 Å². The molecule has 16 heavy (non-hydrogen) atoms. The number of hydrogen-bond donors (Lipinski definition) is 0. The Morgan fingerprint density at radius 2 is 2.06 bits per heavy atom. The molecule has 0 heterocycles. The van der Waals surface area contributed by atoms with Crippen molar-refractivity contribution in [3.63, 3.8) is 0 Å².